The largest absolute Gasteiger partial charge is 0.373 e. The minimum Gasteiger partial charge on any atom is -0.373 e. The lowest BCUT2D eigenvalue weighted by molar-refractivity contribution is -0.119. The number of ether oxygens (including phenoxy) is 2. The standard InChI is InChI=1S/C19H23N3O2/c1-2-9-21-16(5-1)14-24-18-7-6-17-19(18)23-11-10-22(17)13-15-4-3-8-20-12-15/h1-5,8-9,12,17-19H,6-7,10-11,13-14H2/t17-,18-,19+/m0/s1. The molecular formula is C19H23N3O2. The second-order valence-corrected chi connectivity index (χ2v) is 6.48. The Morgan fingerprint density at radius 3 is 3.00 bits per heavy atom. The van der Waals surface area contributed by atoms with Gasteiger partial charge in [-0.3, -0.25) is 14.9 Å². The first-order valence-electron chi connectivity index (χ1n) is 8.66. The van der Waals surface area contributed by atoms with E-state index in [0.29, 0.717) is 12.6 Å². The minimum absolute atomic E-state index is 0.161. The normalized spacial score (nSPS) is 27.1. The summed E-state index contributed by atoms with van der Waals surface area (Å²) >= 11 is 0. The predicted octanol–water partition coefficient (Wildman–Crippen LogP) is 2.43. The Morgan fingerprint density at radius 2 is 2.17 bits per heavy atom. The summed E-state index contributed by atoms with van der Waals surface area (Å²) < 4.78 is 12.2. The summed E-state index contributed by atoms with van der Waals surface area (Å²) in [5.41, 5.74) is 2.24. The van der Waals surface area contributed by atoms with Gasteiger partial charge < -0.3 is 9.47 Å². The Balaban J connectivity index is 1.37. The monoisotopic (exact) mass is 325 g/mol. The van der Waals surface area contributed by atoms with Crippen LogP contribution in [0, 0.1) is 0 Å². The highest BCUT2D eigenvalue weighted by atomic mass is 16.5. The van der Waals surface area contributed by atoms with Crippen molar-refractivity contribution >= 4 is 0 Å². The molecule has 0 unspecified atom stereocenters. The summed E-state index contributed by atoms with van der Waals surface area (Å²) in [6, 6.07) is 10.5. The summed E-state index contributed by atoms with van der Waals surface area (Å²) in [6.07, 6.45) is 8.08. The Bertz CT molecular complexity index is 638. The number of rotatable bonds is 5. The quantitative estimate of drug-likeness (QED) is 0.845. The molecule has 0 amide bonds. The average molecular weight is 325 g/mol. The molecule has 126 valence electrons. The van der Waals surface area contributed by atoms with Gasteiger partial charge in [-0.05, 0) is 36.6 Å². The van der Waals surface area contributed by atoms with Gasteiger partial charge in [-0.1, -0.05) is 12.1 Å². The number of nitrogens with zero attached hydrogens (tertiary/aromatic N) is 3. The van der Waals surface area contributed by atoms with E-state index in [4.69, 9.17) is 9.47 Å². The van der Waals surface area contributed by atoms with Crippen molar-refractivity contribution in [3.63, 3.8) is 0 Å². The summed E-state index contributed by atoms with van der Waals surface area (Å²) in [7, 11) is 0. The number of morpholine rings is 1. The summed E-state index contributed by atoms with van der Waals surface area (Å²) in [5, 5.41) is 0. The van der Waals surface area contributed by atoms with E-state index in [9.17, 15) is 0 Å². The SMILES string of the molecule is c1ccc(CO[C@H]2CC[C@H]3[C@H]2OCCN3Cc2cccnc2)nc1. The molecule has 1 aliphatic heterocycles. The van der Waals surface area contributed by atoms with Crippen LogP contribution in [0.5, 0.6) is 0 Å². The molecule has 0 spiro atoms. The van der Waals surface area contributed by atoms with Crippen molar-refractivity contribution in [1.82, 2.24) is 14.9 Å². The lowest BCUT2D eigenvalue weighted by Gasteiger charge is -2.39. The zero-order chi connectivity index (χ0) is 16.2. The number of aromatic nitrogens is 2. The van der Waals surface area contributed by atoms with E-state index in [1.165, 1.54) is 5.56 Å². The zero-order valence-corrected chi connectivity index (χ0v) is 13.8. The summed E-state index contributed by atoms with van der Waals surface area (Å²) in [5.74, 6) is 0. The van der Waals surface area contributed by atoms with Crippen molar-refractivity contribution in [1.29, 1.82) is 0 Å². The van der Waals surface area contributed by atoms with Crippen molar-refractivity contribution in [3.05, 3.63) is 60.2 Å². The van der Waals surface area contributed by atoms with Crippen LogP contribution >= 0.6 is 0 Å². The number of hydrogen-bond acceptors (Lipinski definition) is 5. The van der Waals surface area contributed by atoms with Gasteiger partial charge in [0.25, 0.3) is 0 Å². The Morgan fingerprint density at radius 1 is 1.17 bits per heavy atom. The molecule has 24 heavy (non-hydrogen) atoms. The van der Waals surface area contributed by atoms with Crippen molar-refractivity contribution in [2.24, 2.45) is 0 Å². The molecule has 0 N–H and O–H groups in total. The van der Waals surface area contributed by atoms with E-state index in [-0.39, 0.29) is 12.2 Å². The topological polar surface area (TPSA) is 47.5 Å². The summed E-state index contributed by atoms with van der Waals surface area (Å²) in [6.45, 7) is 3.24. The molecule has 4 rings (SSSR count). The first-order chi connectivity index (χ1) is 11.9. The van der Waals surface area contributed by atoms with E-state index in [0.717, 1.165) is 38.2 Å². The van der Waals surface area contributed by atoms with Crippen LogP contribution in [-0.4, -0.2) is 46.3 Å². The predicted molar refractivity (Wildman–Crippen MR) is 90.2 cm³/mol. The molecular weight excluding hydrogens is 302 g/mol. The smallest absolute Gasteiger partial charge is 0.0992 e. The van der Waals surface area contributed by atoms with Crippen molar-refractivity contribution in [2.75, 3.05) is 13.2 Å². The Hall–Kier alpha value is -1.82. The van der Waals surface area contributed by atoms with Crippen LogP contribution in [0.2, 0.25) is 0 Å². The second kappa shape index (κ2) is 7.38. The lowest BCUT2D eigenvalue weighted by Crippen LogP contribution is -2.51. The fourth-order valence-electron chi connectivity index (χ4n) is 3.77. The molecule has 3 atom stereocenters. The van der Waals surface area contributed by atoms with Crippen molar-refractivity contribution in [2.45, 2.75) is 44.2 Å². The minimum atomic E-state index is 0.161. The van der Waals surface area contributed by atoms with E-state index in [1.54, 1.807) is 0 Å². The summed E-state index contributed by atoms with van der Waals surface area (Å²) in [4.78, 5) is 11.1. The molecule has 0 radical (unpaired) electrons. The fourth-order valence-corrected chi connectivity index (χ4v) is 3.77. The lowest BCUT2D eigenvalue weighted by atomic mass is 10.1. The average Bonchev–Trinajstić information content (AvgIpc) is 3.06. The fraction of sp³-hybridized carbons (Fsp3) is 0.474. The third-order valence-electron chi connectivity index (χ3n) is 4.93. The van der Waals surface area contributed by atoms with Gasteiger partial charge in [0, 0.05) is 37.7 Å². The third kappa shape index (κ3) is 3.48. The second-order valence-electron chi connectivity index (χ2n) is 6.48. The van der Waals surface area contributed by atoms with Crippen LogP contribution in [0.15, 0.2) is 48.9 Å². The van der Waals surface area contributed by atoms with Crippen LogP contribution in [-0.2, 0) is 22.6 Å². The van der Waals surface area contributed by atoms with E-state index >= 15 is 0 Å². The molecule has 3 heterocycles. The van der Waals surface area contributed by atoms with E-state index in [2.05, 4.69) is 20.9 Å². The number of fused-ring (bicyclic) bond motifs is 1. The van der Waals surface area contributed by atoms with Crippen LogP contribution in [0.1, 0.15) is 24.1 Å². The first-order valence-corrected chi connectivity index (χ1v) is 8.66. The molecule has 5 nitrogen and oxygen atoms in total. The maximum absolute atomic E-state index is 6.13. The molecule has 5 heteroatoms. The molecule has 0 aromatic carbocycles. The highest BCUT2D eigenvalue weighted by Crippen LogP contribution is 2.33. The van der Waals surface area contributed by atoms with Gasteiger partial charge in [0.1, 0.15) is 0 Å². The van der Waals surface area contributed by atoms with Gasteiger partial charge in [-0.15, -0.1) is 0 Å². The molecule has 2 aromatic heterocycles. The van der Waals surface area contributed by atoms with Crippen LogP contribution in [0.25, 0.3) is 0 Å². The van der Waals surface area contributed by atoms with Crippen LogP contribution in [0.3, 0.4) is 0 Å². The van der Waals surface area contributed by atoms with Crippen molar-refractivity contribution in [3.8, 4) is 0 Å². The Kier molecular flexibility index (Phi) is 4.83. The number of hydrogen-bond donors (Lipinski definition) is 0. The van der Waals surface area contributed by atoms with E-state index in [1.807, 2.05) is 42.9 Å². The van der Waals surface area contributed by atoms with Gasteiger partial charge in [-0.2, -0.15) is 0 Å². The molecule has 0 bridgehead atoms. The highest BCUT2D eigenvalue weighted by molar-refractivity contribution is 5.10. The van der Waals surface area contributed by atoms with Crippen LogP contribution in [0.4, 0.5) is 0 Å². The molecule has 2 aliphatic rings. The van der Waals surface area contributed by atoms with E-state index < -0.39 is 0 Å². The van der Waals surface area contributed by atoms with Gasteiger partial charge in [0.15, 0.2) is 0 Å². The molecule has 1 saturated heterocycles. The first kappa shape index (κ1) is 15.7. The third-order valence-corrected chi connectivity index (χ3v) is 4.93. The molecule has 1 saturated carbocycles. The van der Waals surface area contributed by atoms with Crippen LogP contribution < -0.4 is 0 Å². The Labute approximate surface area is 142 Å². The van der Waals surface area contributed by atoms with Gasteiger partial charge >= 0.3 is 0 Å². The molecule has 2 aromatic rings. The maximum Gasteiger partial charge on any atom is 0.0992 e. The van der Waals surface area contributed by atoms with Gasteiger partial charge in [0.05, 0.1) is 31.1 Å². The van der Waals surface area contributed by atoms with Crippen molar-refractivity contribution < 1.29 is 9.47 Å². The molecule has 2 fully saturated rings. The maximum atomic E-state index is 6.13. The van der Waals surface area contributed by atoms with Gasteiger partial charge in [-0.25, -0.2) is 0 Å². The number of pyridine rings is 2. The zero-order valence-electron chi connectivity index (χ0n) is 13.8. The molecule has 1 aliphatic carbocycles. The highest BCUT2D eigenvalue weighted by Gasteiger charge is 2.43. The van der Waals surface area contributed by atoms with Gasteiger partial charge in [0.2, 0.25) is 0 Å².